The summed E-state index contributed by atoms with van der Waals surface area (Å²) in [6.45, 7) is 13.9. The lowest BCUT2D eigenvalue weighted by Gasteiger charge is -2.59. The van der Waals surface area contributed by atoms with Crippen molar-refractivity contribution in [3.05, 3.63) is 23.8 Å². The molecule has 16 heteroatoms. The smallest absolute Gasteiger partial charge is 0.312 e. The Hall–Kier alpha value is -4.31. The van der Waals surface area contributed by atoms with E-state index in [4.69, 9.17) is 37.9 Å². The van der Waals surface area contributed by atoms with Gasteiger partial charge in [-0.3, -0.25) is 33.6 Å². The highest BCUT2D eigenvalue weighted by atomic mass is 16.7. The van der Waals surface area contributed by atoms with Crippen LogP contribution in [0.4, 0.5) is 0 Å². The summed E-state index contributed by atoms with van der Waals surface area (Å²) >= 11 is 0. The van der Waals surface area contributed by atoms with Gasteiger partial charge >= 0.3 is 41.8 Å². The number of carbonyl (C=O) groups is 7. The van der Waals surface area contributed by atoms with Crippen LogP contribution >= 0.6 is 0 Å². The van der Waals surface area contributed by atoms with Crippen LogP contribution in [0.1, 0.15) is 82.1 Å². The quantitative estimate of drug-likeness (QED) is 0.182. The Morgan fingerprint density at radius 1 is 0.815 bits per heavy atom. The van der Waals surface area contributed by atoms with Crippen LogP contribution < -0.4 is 0 Å². The molecule has 3 fully saturated rings. The van der Waals surface area contributed by atoms with E-state index in [1.54, 1.807) is 13.8 Å². The van der Waals surface area contributed by atoms with Crippen LogP contribution in [0.2, 0.25) is 0 Å². The molecule has 0 amide bonds. The molecular formula is C38H52O16. The van der Waals surface area contributed by atoms with Gasteiger partial charge in [0, 0.05) is 46.5 Å². The van der Waals surface area contributed by atoms with Gasteiger partial charge < -0.3 is 43.0 Å². The Labute approximate surface area is 314 Å². The van der Waals surface area contributed by atoms with E-state index in [1.165, 1.54) is 32.1 Å². The highest BCUT2D eigenvalue weighted by molar-refractivity contribution is 5.78. The van der Waals surface area contributed by atoms with E-state index in [0.717, 1.165) is 27.7 Å². The zero-order chi connectivity index (χ0) is 40.5. The number of esters is 7. The average Bonchev–Trinajstić information content (AvgIpc) is 3.78. The topological polar surface area (TPSA) is 217 Å². The van der Waals surface area contributed by atoms with Crippen molar-refractivity contribution in [1.82, 2.24) is 0 Å². The molecule has 2 saturated heterocycles. The van der Waals surface area contributed by atoms with Gasteiger partial charge in [0.2, 0.25) is 0 Å². The highest BCUT2D eigenvalue weighted by Crippen LogP contribution is 2.63. The van der Waals surface area contributed by atoms with Crippen molar-refractivity contribution in [1.29, 1.82) is 0 Å². The monoisotopic (exact) mass is 764 g/mol. The first-order valence-electron chi connectivity index (χ1n) is 18.1. The second kappa shape index (κ2) is 16.2. The predicted molar refractivity (Wildman–Crippen MR) is 183 cm³/mol. The minimum Gasteiger partial charge on any atom is -0.461 e. The van der Waals surface area contributed by atoms with Gasteiger partial charge in [-0.25, -0.2) is 0 Å². The first-order chi connectivity index (χ1) is 25.1. The lowest BCUT2D eigenvalue weighted by Crippen LogP contribution is -2.76. The largest absolute Gasteiger partial charge is 0.461 e. The summed E-state index contributed by atoms with van der Waals surface area (Å²) in [5, 5.41) is 13.0. The van der Waals surface area contributed by atoms with Gasteiger partial charge in [-0.05, 0) is 36.5 Å². The van der Waals surface area contributed by atoms with E-state index in [1.807, 2.05) is 13.8 Å². The van der Waals surface area contributed by atoms with Crippen LogP contribution in [0, 0.1) is 29.1 Å². The van der Waals surface area contributed by atoms with Crippen molar-refractivity contribution in [3.8, 4) is 0 Å². The Morgan fingerprint density at radius 3 is 1.85 bits per heavy atom. The van der Waals surface area contributed by atoms with Gasteiger partial charge in [-0.1, -0.05) is 40.7 Å². The van der Waals surface area contributed by atoms with Crippen LogP contribution in [0.5, 0.6) is 0 Å². The lowest BCUT2D eigenvalue weighted by molar-refractivity contribution is -0.279. The highest BCUT2D eigenvalue weighted by Gasteiger charge is 2.81. The number of epoxide rings is 1. The third-order valence-electron chi connectivity index (χ3n) is 10.3. The van der Waals surface area contributed by atoms with Crippen LogP contribution in [0.15, 0.2) is 23.8 Å². The molecule has 300 valence electrons. The molecule has 4 rings (SSSR count). The molecule has 11 unspecified atom stereocenters. The van der Waals surface area contributed by atoms with Crippen LogP contribution in [0.3, 0.4) is 0 Å². The lowest BCUT2D eigenvalue weighted by atomic mass is 9.51. The fourth-order valence-corrected chi connectivity index (χ4v) is 8.00. The number of fused-ring (bicyclic) bond motifs is 3. The molecule has 0 aromatic rings. The molecule has 4 aliphatic rings. The van der Waals surface area contributed by atoms with Gasteiger partial charge in [0.05, 0.1) is 17.9 Å². The number of aliphatic hydroxyl groups is 1. The summed E-state index contributed by atoms with van der Waals surface area (Å²) in [4.78, 5) is 91.4. The molecule has 54 heavy (non-hydrogen) atoms. The molecule has 0 radical (unpaired) electrons. The fourth-order valence-electron chi connectivity index (χ4n) is 8.00. The molecule has 1 N–H and O–H groups in total. The maximum absolute atomic E-state index is 13.4. The predicted octanol–water partition coefficient (Wildman–Crippen LogP) is 2.45. The SMILES string of the molecule is CC(=O)OC1C(OC(=O)CC(C)C)C(OC(C)=O)C2(C)C(OC(C)=O)C=CC(COC(=O)CC(C)C)=CC3OC(=O)C(C)C3(O)C(OC(C)=O)C2C12CO2. The van der Waals surface area contributed by atoms with E-state index < -0.39 is 107 Å². The summed E-state index contributed by atoms with van der Waals surface area (Å²) in [7, 11) is 0. The van der Waals surface area contributed by atoms with E-state index in [-0.39, 0.29) is 43.5 Å². The minimum atomic E-state index is -2.44. The van der Waals surface area contributed by atoms with E-state index in [2.05, 4.69) is 0 Å². The Bertz CT molecular complexity index is 1570. The molecule has 0 aromatic carbocycles. The van der Waals surface area contributed by atoms with Crippen LogP contribution in [-0.2, 0) is 71.5 Å². The Morgan fingerprint density at radius 2 is 1.33 bits per heavy atom. The maximum atomic E-state index is 13.4. The van der Waals surface area contributed by atoms with E-state index in [0.29, 0.717) is 0 Å². The van der Waals surface area contributed by atoms with Gasteiger partial charge in [-0.15, -0.1) is 0 Å². The van der Waals surface area contributed by atoms with Gasteiger partial charge in [0.25, 0.3) is 0 Å². The van der Waals surface area contributed by atoms with Crippen molar-refractivity contribution < 1.29 is 76.6 Å². The first kappa shape index (κ1) is 42.4. The van der Waals surface area contributed by atoms with Gasteiger partial charge in [-0.2, -0.15) is 0 Å². The molecule has 0 bridgehead atoms. The Balaban J connectivity index is 2.11. The van der Waals surface area contributed by atoms with Crippen LogP contribution in [0.25, 0.3) is 0 Å². The Kier molecular flexibility index (Phi) is 12.7. The second-order valence-corrected chi connectivity index (χ2v) is 15.6. The fraction of sp³-hybridized carbons (Fsp3) is 0.711. The number of carbonyl (C=O) groups excluding carboxylic acids is 7. The van der Waals surface area contributed by atoms with E-state index >= 15 is 0 Å². The van der Waals surface area contributed by atoms with Crippen molar-refractivity contribution >= 4 is 41.8 Å². The standard InChI is InChI=1S/C38H52O16/c1-18(2)13-28(43)47-16-25-11-12-26(49-21(6)39)36(10)31(34(52-24(9)42)38(46)20(5)35(45)53-27(38)15-25)37(17-48-37)33(51-23(8)41)30(32(36)50-22(7)40)54-29(44)14-19(3)4/h11-12,15,18-20,26-27,30-34,46H,13-14,16-17H2,1-10H3. The first-order valence-corrected chi connectivity index (χ1v) is 18.1. The molecule has 2 aliphatic heterocycles. The van der Waals surface area contributed by atoms with E-state index in [9.17, 15) is 38.7 Å². The molecular weight excluding hydrogens is 712 g/mol. The molecule has 2 aliphatic carbocycles. The molecule has 11 atom stereocenters. The normalized spacial score (nSPS) is 35.5. The van der Waals surface area contributed by atoms with Crippen molar-refractivity contribution in [3.63, 3.8) is 0 Å². The van der Waals surface area contributed by atoms with Gasteiger partial charge in [0.15, 0.2) is 30.0 Å². The van der Waals surface area contributed by atoms with Crippen molar-refractivity contribution in [2.45, 2.75) is 130 Å². The third-order valence-corrected chi connectivity index (χ3v) is 10.3. The number of rotatable bonds is 11. The molecule has 16 nitrogen and oxygen atoms in total. The molecule has 1 spiro atoms. The summed E-state index contributed by atoms with van der Waals surface area (Å²) in [5.74, 6) is -8.67. The molecule has 1 saturated carbocycles. The average molecular weight is 765 g/mol. The zero-order valence-corrected chi connectivity index (χ0v) is 32.4. The number of hydrogen-bond donors (Lipinski definition) is 1. The van der Waals surface area contributed by atoms with Crippen molar-refractivity contribution in [2.75, 3.05) is 13.2 Å². The van der Waals surface area contributed by atoms with Crippen molar-refractivity contribution in [2.24, 2.45) is 29.1 Å². The minimum absolute atomic E-state index is 0.0256. The van der Waals surface area contributed by atoms with Crippen LogP contribution in [-0.4, -0.2) is 108 Å². The zero-order valence-electron chi connectivity index (χ0n) is 32.4. The molecule has 0 aromatic heterocycles. The summed E-state index contributed by atoms with van der Waals surface area (Å²) in [6, 6.07) is 0. The summed E-state index contributed by atoms with van der Waals surface area (Å²) in [5.41, 5.74) is -5.91. The summed E-state index contributed by atoms with van der Waals surface area (Å²) < 4.78 is 47.2. The second-order valence-electron chi connectivity index (χ2n) is 15.6. The maximum Gasteiger partial charge on any atom is 0.312 e. The number of ether oxygens (including phenoxy) is 8. The number of hydrogen-bond acceptors (Lipinski definition) is 16. The summed E-state index contributed by atoms with van der Waals surface area (Å²) in [6.07, 6.45) is -5.44. The molecule has 2 heterocycles. The third kappa shape index (κ3) is 8.49. The van der Waals surface area contributed by atoms with Gasteiger partial charge in [0.1, 0.15) is 24.4 Å².